The van der Waals surface area contributed by atoms with E-state index in [-0.39, 0.29) is 6.04 Å². The molecular weight excluding hydrogens is 371 g/mol. The number of nitrogens with zero attached hydrogens (tertiary/aromatic N) is 3. The van der Waals surface area contributed by atoms with Gasteiger partial charge in [-0.25, -0.2) is 4.98 Å². The van der Waals surface area contributed by atoms with Gasteiger partial charge in [0.1, 0.15) is 4.34 Å². The van der Waals surface area contributed by atoms with Gasteiger partial charge in [0.25, 0.3) is 0 Å². The molecule has 2 heterocycles. The van der Waals surface area contributed by atoms with Crippen LogP contribution in [0.1, 0.15) is 19.8 Å². The molecule has 10 heteroatoms. The smallest absolute Gasteiger partial charge is 0.357 e. The summed E-state index contributed by atoms with van der Waals surface area (Å²) >= 11 is 3.34. The summed E-state index contributed by atoms with van der Waals surface area (Å²) in [6.45, 7) is 3.38. The Morgan fingerprint density at radius 2 is 2.36 bits per heavy atom. The van der Waals surface area contributed by atoms with Crippen molar-refractivity contribution in [2.45, 2.75) is 36.3 Å². The first kappa shape index (κ1) is 20.3. The number of aromatic nitrogens is 1. The molecule has 1 saturated heterocycles. The second-order valence-corrected chi connectivity index (χ2v) is 7.98. The van der Waals surface area contributed by atoms with Gasteiger partial charge in [-0.05, 0) is 19.8 Å². The largest absolute Gasteiger partial charge is 0.401 e. The lowest BCUT2D eigenvalue weighted by molar-refractivity contribution is -0.143. The zero-order valence-electron chi connectivity index (χ0n) is 14.2. The highest BCUT2D eigenvalue weighted by Crippen LogP contribution is 2.21. The number of halogens is 3. The van der Waals surface area contributed by atoms with E-state index in [2.05, 4.69) is 20.6 Å². The van der Waals surface area contributed by atoms with Gasteiger partial charge in [-0.3, -0.25) is 9.89 Å². The second kappa shape index (κ2) is 10.2. The number of nitrogens with one attached hydrogen (secondary N) is 2. The standard InChI is InChI=1S/C15H24F3N5S2/c1-2-19-13(20-5-3-8-24-14-21-6-9-25-14)22-12-4-7-23(10-12)11-15(16,17)18/h6,9,12H,2-5,7-8,10-11H2,1H3,(H2,19,20,22). The van der Waals surface area contributed by atoms with Crippen LogP contribution in [0.3, 0.4) is 0 Å². The minimum atomic E-state index is -4.14. The van der Waals surface area contributed by atoms with E-state index in [1.807, 2.05) is 12.3 Å². The van der Waals surface area contributed by atoms with E-state index in [0.29, 0.717) is 32.0 Å². The first-order valence-electron chi connectivity index (χ1n) is 8.32. The van der Waals surface area contributed by atoms with Crippen LogP contribution in [0.5, 0.6) is 0 Å². The Morgan fingerprint density at radius 3 is 3.04 bits per heavy atom. The van der Waals surface area contributed by atoms with Crippen LogP contribution in [0.25, 0.3) is 0 Å². The molecule has 0 aliphatic carbocycles. The Morgan fingerprint density at radius 1 is 1.52 bits per heavy atom. The van der Waals surface area contributed by atoms with Crippen molar-refractivity contribution in [2.24, 2.45) is 4.99 Å². The fraction of sp³-hybridized carbons (Fsp3) is 0.733. The summed E-state index contributed by atoms with van der Waals surface area (Å²) in [6, 6.07) is 0.00448. The summed E-state index contributed by atoms with van der Waals surface area (Å²) in [5, 5.41) is 8.36. The quantitative estimate of drug-likeness (QED) is 0.307. The Balaban J connectivity index is 1.70. The van der Waals surface area contributed by atoms with Crippen LogP contribution >= 0.6 is 23.1 Å². The van der Waals surface area contributed by atoms with Crippen molar-refractivity contribution < 1.29 is 13.2 Å². The summed E-state index contributed by atoms with van der Waals surface area (Å²) in [4.78, 5) is 10.2. The molecule has 2 rings (SSSR count). The molecule has 5 nitrogen and oxygen atoms in total. The van der Waals surface area contributed by atoms with Crippen molar-refractivity contribution in [3.63, 3.8) is 0 Å². The van der Waals surface area contributed by atoms with Crippen molar-refractivity contribution in [3.8, 4) is 0 Å². The van der Waals surface area contributed by atoms with E-state index in [1.54, 1.807) is 29.3 Å². The summed E-state index contributed by atoms with van der Waals surface area (Å²) in [5.41, 5.74) is 0. The third-order valence-corrected chi connectivity index (χ3v) is 5.62. The number of alkyl halides is 3. The maximum absolute atomic E-state index is 12.5. The van der Waals surface area contributed by atoms with Gasteiger partial charge < -0.3 is 10.6 Å². The maximum Gasteiger partial charge on any atom is 0.401 e. The Hall–Kier alpha value is -1.00. The molecule has 1 aliphatic rings. The van der Waals surface area contributed by atoms with Crippen molar-refractivity contribution in [1.82, 2.24) is 20.5 Å². The summed E-state index contributed by atoms with van der Waals surface area (Å²) in [7, 11) is 0. The number of thiazole rings is 1. The predicted octanol–water partition coefficient (Wildman–Crippen LogP) is 2.82. The maximum atomic E-state index is 12.5. The molecule has 0 aromatic carbocycles. The van der Waals surface area contributed by atoms with Gasteiger partial charge in [0, 0.05) is 49.6 Å². The summed E-state index contributed by atoms with van der Waals surface area (Å²) in [5.74, 6) is 1.62. The van der Waals surface area contributed by atoms with Gasteiger partial charge >= 0.3 is 6.18 Å². The number of hydrogen-bond acceptors (Lipinski definition) is 5. The number of rotatable bonds is 8. The molecule has 1 aliphatic heterocycles. The molecule has 0 amide bonds. The number of aliphatic imine (C=N–C) groups is 1. The Kier molecular flexibility index (Phi) is 8.31. The normalized spacial score (nSPS) is 19.4. The fourth-order valence-electron chi connectivity index (χ4n) is 2.56. The van der Waals surface area contributed by atoms with E-state index in [1.165, 1.54) is 4.90 Å². The van der Waals surface area contributed by atoms with Crippen LogP contribution in [-0.4, -0.2) is 66.5 Å². The van der Waals surface area contributed by atoms with Gasteiger partial charge in [-0.1, -0.05) is 11.8 Å². The minimum absolute atomic E-state index is 0.00448. The SMILES string of the molecule is CCNC(=NCCCSc1nccs1)NC1CCN(CC(F)(F)F)C1. The minimum Gasteiger partial charge on any atom is -0.357 e. The molecular formula is C15H24F3N5S2. The van der Waals surface area contributed by atoms with Crippen molar-refractivity contribution in [3.05, 3.63) is 11.6 Å². The highest BCUT2D eigenvalue weighted by molar-refractivity contribution is 8.00. The van der Waals surface area contributed by atoms with Gasteiger partial charge in [-0.15, -0.1) is 11.3 Å². The average molecular weight is 396 g/mol. The molecule has 25 heavy (non-hydrogen) atoms. The van der Waals surface area contributed by atoms with Crippen LogP contribution < -0.4 is 10.6 Å². The molecule has 1 fully saturated rings. The van der Waals surface area contributed by atoms with E-state index < -0.39 is 12.7 Å². The zero-order chi connectivity index (χ0) is 18.1. The Labute approximate surface area is 154 Å². The molecule has 0 spiro atoms. The number of thioether (sulfide) groups is 1. The lowest BCUT2D eigenvalue weighted by Gasteiger charge is -2.19. The van der Waals surface area contributed by atoms with Gasteiger partial charge in [0.15, 0.2) is 5.96 Å². The Bertz CT molecular complexity index is 522. The molecule has 1 aromatic rings. The lowest BCUT2D eigenvalue weighted by Crippen LogP contribution is -2.45. The molecule has 0 saturated carbocycles. The highest BCUT2D eigenvalue weighted by Gasteiger charge is 2.34. The van der Waals surface area contributed by atoms with Crippen LogP contribution in [0, 0.1) is 0 Å². The van der Waals surface area contributed by atoms with Crippen molar-refractivity contribution in [1.29, 1.82) is 0 Å². The zero-order valence-corrected chi connectivity index (χ0v) is 15.8. The predicted molar refractivity (Wildman–Crippen MR) is 97.5 cm³/mol. The van der Waals surface area contributed by atoms with Crippen molar-refractivity contribution >= 4 is 29.1 Å². The third-order valence-electron chi connectivity index (χ3n) is 3.57. The molecule has 142 valence electrons. The van der Waals surface area contributed by atoms with Crippen LogP contribution in [0.2, 0.25) is 0 Å². The molecule has 0 radical (unpaired) electrons. The lowest BCUT2D eigenvalue weighted by atomic mass is 10.3. The molecule has 1 aromatic heterocycles. The number of guanidine groups is 1. The summed E-state index contributed by atoms with van der Waals surface area (Å²) in [6.07, 6.45) is -0.726. The third kappa shape index (κ3) is 8.28. The topological polar surface area (TPSA) is 52.6 Å². The highest BCUT2D eigenvalue weighted by atomic mass is 32.2. The average Bonchev–Trinajstić information content (AvgIpc) is 3.17. The fourth-order valence-corrected chi connectivity index (χ4v) is 4.19. The molecule has 1 atom stereocenters. The van der Waals surface area contributed by atoms with Gasteiger partial charge in [0.2, 0.25) is 0 Å². The van der Waals surface area contributed by atoms with Crippen LogP contribution in [0.4, 0.5) is 13.2 Å². The van der Waals surface area contributed by atoms with Crippen molar-refractivity contribution in [2.75, 3.05) is 38.5 Å². The van der Waals surface area contributed by atoms with E-state index in [4.69, 9.17) is 0 Å². The number of likely N-dealkylation sites (tertiary alicyclic amines) is 1. The van der Waals surface area contributed by atoms with Crippen LogP contribution in [0.15, 0.2) is 20.9 Å². The first-order chi connectivity index (χ1) is 12.0. The van der Waals surface area contributed by atoms with Crippen LogP contribution in [-0.2, 0) is 0 Å². The molecule has 0 bridgehead atoms. The van der Waals surface area contributed by atoms with E-state index in [0.717, 1.165) is 23.1 Å². The van der Waals surface area contributed by atoms with E-state index in [9.17, 15) is 13.2 Å². The molecule has 1 unspecified atom stereocenters. The van der Waals surface area contributed by atoms with Gasteiger partial charge in [-0.2, -0.15) is 13.2 Å². The number of hydrogen-bond donors (Lipinski definition) is 2. The summed E-state index contributed by atoms with van der Waals surface area (Å²) < 4.78 is 38.4. The second-order valence-electron chi connectivity index (χ2n) is 5.74. The van der Waals surface area contributed by atoms with E-state index >= 15 is 0 Å². The molecule has 2 N–H and O–H groups in total. The first-order valence-corrected chi connectivity index (χ1v) is 10.2. The monoisotopic (exact) mass is 395 g/mol. The van der Waals surface area contributed by atoms with Gasteiger partial charge in [0.05, 0.1) is 6.54 Å².